The first-order valence-electron chi connectivity index (χ1n) is 7.65. The first kappa shape index (κ1) is 15.8. The smallest absolute Gasteiger partial charge is 0.255 e. The minimum Gasteiger partial charge on any atom is -0.377 e. The van der Waals surface area contributed by atoms with Gasteiger partial charge in [0.15, 0.2) is 0 Å². The van der Waals surface area contributed by atoms with E-state index in [0.717, 1.165) is 31.1 Å². The third-order valence-corrected chi connectivity index (χ3v) is 4.18. The summed E-state index contributed by atoms with van der Waals surface area (Å²) in [5.41, 5.74) is 2.50. The molecule has 1 N–H and O–H groups in total. The summed E-state index contributed by atoms with van der Waals surface area (Å²) in [6, 6.07) is 15.1. The lowest BCUT2D eigenvalue weighted by Crippen LogP contribution is -2.43. The molecule has 4 nitrogen and oxygen atoms in total. The molecule has 3 rings (SSSR count). The van der Waals surface area contributed by atoms with Crippen molar-refractivity contribution in [3.8, 4) is 0 Å². The Balaban J connectivity index is 1.67. The van der Waals surface area contributed by atoms with Gasteiger partial charge in [-0.15, -0.1) is 0 Å². The summed E-state index contributed by atoms with van der Waals surface area (Å²) >= 11 is 5.83. The van der Waals surface area contributed by atoms with Crippen LogP contribution in [0.5, 0.6) is 0 Å². The van der Waals surface area contributed by atoms with Gasteiger partial charge in [0, 0.05) is 34.5 Å². The van der Waals surface area contributed by atoms with Gasteiger partial charge in [-0.05, 0) is 55.5 Å². The average molecular weight is 331 g/mol. The number of hydrogen-bond acceptors (Lipinski definition) is 3. The fraction of sp³-hybridized carbons (Fsp3) is 0.278. The van der Waals surface area contributed by atoms with E-state index in [2.05, 4.69) is 17.1 Å². The van der Waals surface area contributed by atoms with Crippen molar-refractivity contribution in [1.29, 1.82) is 0 Å². The molecule has 0 aromatic heterocycles. The average Bonchev–Trinajstić information content (AvgIpc) is 2.57. The fourth-order valence-electron chi connectivity index (χ4n) is 2.65. The van der Waals surface area contributed by atoms with Crippen LogP contribution in [0.2, 0.25) is 5.02 Å². The van der Waals surface area contributed by atoms with E-state index in [1.807, 2.05) is 24.3 Å². The second-order valence-electron chi connectivity index (χ2n) is 5.63. The molecule has 5 heteroatoms. The molecule has 2 aromatic rings. The van der Waals surface area contributed by atoms with E-state index in [4.69, 9.17) is 16.3 Å². The topological polar surface area (TPSA) is 41.6 Å². The fourth-order valence-corrected chi connectivity index (χ4v) is 2.78. The van der Waals surface area contributed by atoms with E-state index in [1.165, 1.54) is 0 Å². The zero-order valence-electron chi connectivity index (χ0n) is 13.0. The number of nitrogens with zero attached hydrogens (tertiary/aromatic N) is 1. The third kappa shape index (κ3) is 3.84. The standard InChI is InChI=1S/C18H19ClN2O2/c1-13-12-23-11-10-21(13)17-8-6-16(7-9-17)20-18(22)14-2-4-15(19)5-3-14/h2-9,13H,10-12H2,1H3,(H,20,22). The molecule has 1 atom stereocenters. The largest absolute Gasteiger partial charge is 0.377 e. The number of rotatable bonds is 3. The normalized spacial score (nSPS) is 17.8. The maximum Gasteiger partial charge on any atom is 0.255 e. The summed E-state index contributed by atoms with van der Waals surface area (Å²) in [7, 11) is 0. The predicted octanol–water partition coefficient (Wildman–Crippen LogP) is 3.82. The van der Waals surface area contributed by atoms with Gasteiger partial charge < -0.3 is 15.0 Å². The maximum atomic E-state index is 12.2. The van der Waals surface area contributed by atoms with Gasteiger partial charge in [-0.25, -0.2) is 0 Å². The highest BCUT2D eigenvalue weighted by atomic mass is 35.5. The van der Waals surface area contributed by atoms with Crippen molar-refractivity contribution < 1.29 is 9.53 Å². The van der Waals surface area contributed by atoms with E-state index in [1.54, 1.807) is 24.3 Å². The van der Waals surface area contributed by atoms with Crippen LogP contribution in [0.3, 0.4) is 0 Å². The van der Waals surface area contributed by atoms with Crippen LogP contribution in [0.25, 0.3) is 0 Å². The number of amides is 1. The first-order valence-corrected chi connectivity index (χ1v) is 8.02. The minimum absolute atomic E-state index is 0.144. The van der Waals surface area contributed by atoms with Crippen LogP contribution in [-0.2, 0) is 4.74 Å². The molecule has 23 heavy (non-hydrogen) atoms. The lowest BCUT2D eigenvalue weighted by Gasteiger charge is -2.35. The van der Waals surface area contributed by atoms with E-state index in [0.29, 0.717) is 16.6 Å². The van der Waals surface area contributed by atoms with Crippen LogP contribution in [0, 0.1) is 0 Å². The Morgan fingerprint density at radius 2 is 1.87 bits per heavy atom. The highest BCUT2D eigenvalue weighted by Gasteiger charge is 2.18. The molecule has 1 heterocycles. The van der Waals surface area contributed by atoms with E-state index < -0.39 is 0 Å². The number of carbonyl (C=O) groups is 1. The lowest BCUT2D eigenvalue weighted by molar-refractivity contribution is 0.0989. The van der Waals surface area contributed by atoms with Gasteiger partial charge >= 0.3 is 0 Å². The minimum atomic E-state index is -0.144. The Kier molecular flexibility index (Phi) is 4.84. The highest BCUT2D eigenvalue weighted by molar-refractivity contribution is 6.30. The second-order valence-corrected chi connectivity index (χ2v) is 6.06. The Morgan fingerprint density at radius 1 is 1.17 bits per heavy atom. The summed E-state index contributed by atoms with van der Waals surface area (Å²) in [5.74, 6) is -0.144. The molecule has 0 aliphatic carbocycles. The molecule has 0 bridgehead atoms. The van der Waals surface area contributed by atoms with Gasteiger partial charge in [-0.1, -0.05) is 11.6 Å². The molecule has 0 spiro atoms. The predicted molar refractivity (Wildman–Crippen MR) is 93.5 cm³/mol. The molecule has 1 saturated heterocycles. The van der Waals surface area contributed by atoms with Gasteiger partial charge in [0.25, 0.3) is 5.91 Å². The van der Waals surface area contributed by atoms with Crippen LogP contribution >= 0.6 is 11.6 Å². The molecule has 1 fully saturated rings. The van der Waals surface area contributed by atoms with Crippen molar-refractivity contribution in [1.82, 2.24) is 0 Å². The second kappa shape index (κ2) is 7.02. The van der Waals surface area contributed by atoms with Gasteiger partial charge in [0.05, 0.1) is 13.2 Å². The summed E-state index contributed by atoms with van der Waals surface area (Å²) < 4.78 is 5.46. The SMILES string of the molecule is CC1COCCN1c1ccc(NC(=O)c2ccc(Cl)cc2)cc1. The molecule has 1 amide bonds. The zero-order chi connectivity index (χ0) is 16.2. The van der Waals surface area contributed by atoms with Gasteiger partial charge in [-0.3, -0.25) is 4.79 Å². The molecule has 0 radical (unpaired) electrons. The van der Waals surface area contributed by atoms with Gasteiger partial charge in [0.2, 0.25) is 0 Å². The number of morpholine rings is 1. The molecular formula is C18H19ClN2O2. The zero-order valence-corrected chi connectivity index (χ0v) is 13.7. The Morgan fingerprint density at radius 3 is 2.52 bits per heavy atom. The Labute approximate surface area is 141 Å². The molecule has 2 aromatic carbocycles. The van der Waals surface area contributed by atoms with Crippen LogP contribution in [0.15, 0.2) is 48.5 Å². The number of carbonyl (C=O) groups excluding carboxylic acids is 1. The number of ether oxygens (including phenoxy) is 1. The van der Waals surface area contributed by atoms with Crippen LogP contribution in [-0.4, -0.2) is 31.7 Å². The lowest BCUT2D eigenvalue weighted by atomic mass is 10.2. The van der Waals surface area contributed by atoms with Gasteiger partial charge in [-0.2, -0.15) is 0 Å². The molecule has 1 aliphatic heterocycles. The van der Waals surface area contributed by atoms with Crippen LogP contribution < -0.4 is 10.2 Å². The molecule has 1 aliphatic rings. The highest BCUT2D eigenvalue weighted by Crippen LogP contribution is 2.22. The van der Waals surface area contributed by atoms with Crippen molar-refractivity contribution in [3.63, 3.8) is 0 Å². The van der Waals surface area contributed by atoms with Crippen molar-refractivity contribution in [2.24, 2.45) is 0 Å². The quantitative estimate of drug-likeness (QED) is 0.930. The van der Waals surface area contributed by atoms with Crippen LogP contribution in [0.1, 0.15) is 17.3 Å². The maximum absolute atomic E-state index is 12.2. The number of halogens is 1. The summed E-state index contributed by atoms with van der Waals surface area (Å²) in [6.07, 6.45) is 0. The summed E-state index contributed by atoms with van der Waals surface area (Å²) in [4.78, 5) is 14.5. The van der Waals surface area contributed by atoms with Gasteiger partial charge in [0.1, 0.15) is 0 Å². The number of hydrogen-bond donors (Lipinski definition) is 1. The molecule has 0 saturated carbocycles. The Hall–Kier alpha value is -2.04. The van der Waals surface area contributed by atoms with Crippen molar-refractivity contribution >= 4 is 28.9 Å². The van der Waals surface area contributed by atoms with Crippen LogP contribution in [0.4, 0.5) is 11.4 Å². The Bertz CT molecular complexity index is 670. The third-order valence-electron chi connectivity index (χ3n) is 3.93. The van der Waals surface area contributed by atoms with E-state index >= 15 is 0 Å². The summed E-state index contributed by atoms with van der Waals surface area (Å²) in [6.45, 7) is 4.53. The van der Waals surface area contributed by atoms with E-state index in [-0.39, 0.29) is 5.91 Å². The van der Waals surface area contributed by atoms with E-state index in [9.17, 15) is 4.79 Å². The monoisotopic (exact) mass is 330 g/mol. The molecule has 1 unspecified atom stereocenters. The number of nitrogens with one attached hydrogen (secondary N) is 1. The molecular weight excluding hydrogens is 312 g/mol. The van der Waals surface area contributed by atoms with Crippen molar-refractivity contribution in [2.45, 2.75) is 13.0 Å². The first-order chi connectivity index (χ1) is 11.1. The number of anilines is 2. The number of benzene rings is 2. The summed E-state index contributed by atoms with van der Waals surface area (Å²) in [5, 5.41) is 3.51. The molecule has 120 valence electrons. The van der Waals surface area contributed by atoms with Crippen molar-refractivity contribution in [3.05, 3.63) is 59.1 Å². The van der Waals surface area contributed by atoms with Crippen molar-refractivity contribution in [2.75, 3.05) is 30.0 Å².